The Bertz CT molecular complexity index is 698. The number of nitrogens with two attached hydrogens (primary N) is 1. The molecular formula is C18H22N4O. The van der Waals surface area contributed by atoms with Crippen LogP contribution in [0.5, 0.6) is 0 Å². The van der Waals surface area contributed by atoms with E-state index < -0.39 is 0 Å². The van der Waals surface area contributed by atoms with Crippen LogP contribution in [-0.2, 0) is 0 Å². The minimum absolute atomic E-state index is 0.0440. The quantitative estimate of drug-likeness (QED) is 0.917. The third kappa shape index (κ3) is 3.41. The zero-order valence-corrected chi connectivity index (χ0v) is 13.6. The number of aryl methyl sites for hydroxylation is 1. The van der Waals surface area contributed by atoms with Crippen molar-refractivity contribution in [2.75, 3.05) is 26.7 Å². The molecule has 2 heterocycles. The molecule has 2 N–H and O–H groups in total. The highest BCUT2D eigenvalue weighted by Crippen LogP contribution is 2.20. The van der Waals surface area contributed by atoms with Gasteiger partial charge in [0.1, 0.15) is 0 Å². The van der Waals surface area contributed by atoms with Gasteiger partial charge in [-0.25, -0.2) is 0 Å². The fourth-order valence-electron chi connectivity index (χ4n) is 2.79. The summed E-state index contributed by atoms with van der Waals surface area (Å²) in [5.74, 6) is 0.0440. The zero-order chi connectivity index (χ0) is 16.4. The molecule has 0 radical (unpaired) electrons. The Morgan fingerprint density at radius 3 is 2.57 bits per heavy atom. The number of aromatic nitrogens is 1. The molecule has 1 fully saturated rings. The van der Waals surface area contributed by atoms with Gasteiger partial charge >= 0.3 is 0 Å². The molecular weight excluding hydrogens is 288 g/mol. The number of rotatable bonds is 2. The van der Waals surface area contributed by atoms with E-state index in [-0.39, 0.29) is 12.1 Å². The molecule has 1 atom stereocenters. The highest BCUT2D eigenvalue weighted by Gasteiger charge is 2.25. The van der Waals surface area contributed by atoms with Crippen LogP contribution in [0.4, 0.5) is 0 Å². The summed E-state index contributed by atoms with van der Waals surface area (Å²) < 4.78 is 0. The summed E-state index contributed by atoms with van der Waals surface area (Å²) in [6.07, 6.45) is 3.58. The van der Waals surface area contributed by atoms with Crippen molar-refractivity contribution in [3.8, 4) is 11.1 Å². The maximum atomic E-state index is 12.6. The van der Waals surface area contributed by atoms with Crippen molar-refractivity contribution < 1.29 is 4.79 Å². The summed E-state index contributed by atoms with van der Waals surface area (Å²) in [4.78, 5) is 20.7. The monoisotopic (exact) mass is 310 g/mol. The Morgan fingerprint density at radius 2 is 1.91 bits per heavy atom. The first-order chi connectivity index (χ1) is 11.0. The topological polar surface area (TPSA) is 62.5 Å². The Labute approximate surface area is 136 Å². The molecule has 1 unspecified atom stereocenters. The summed E-state index contributed by atoms with van der Waals surface area (Å²) in [6.45, 7) is 4.11. The third-order valence-electron chi connectivity index (χ3n) is 4.32. The van der Waals surface area contributed by atoms with Crippen LogP contribution in [0.2, 0.25) is 0 Å². The number of amides is 1. The van der Waals surface area contributed by atoms with E-state index in [9.17, 15) is 4.79 Å². The summed E-state index contributed by atoms with van der Waals surface area (Å²) in [7, 11) is 1.98. The average Bonchev–Trinajstić information content (AvgIpc) is 2.57. The average molecular weight is 310 g/mol. The molecule has 0 saturated carbocycles. The number of carbonyl (C=O) groups excluding carboxylic acids is 1. The summed E-state index contributed by atoms with van der Waals surface area (Å²) in [5, 5.41) is 0. The Kier molecular flexibility index (Phi) is 4.41. The second-order valence-corrected chi connectivity index (χ2v) is 6.13. The largest absolute Gasteiger partial charge is 0.334 e. The number of pyridine rings is 1. The molecule has 1 aliphatic heterocycles. The number of hydrogen-bond acceptors (Lipinski definition) is 4. The van der Waals surface area contributed by atoms with Crippen LogP contribution in [0.1, 0.15) is 15.9 Å². The number of hydrogen-bond donors (Lipinski definition) is 1. The normalized spacial score (nSPS) is 18.9. The van der Waals surface area contributed by atoms with Crippen molar-refractivity contribution in [1.29, 1.82) is 0 Å². The zero-order valence-electron chi connectivity index (χ0n) is 13.6. The second-order valence-electron chi connectivity index (χ2n) is 6.13. The van der Waals surface area contributed by atoms with Gasteiger partial charge in [0, 0.05) is 43.2 Å². The van der Waals surface area contributed by atoms with E-state index in [4.69, 9.17) is 5.73 Å². The number of carbonyl (C=O) groups is 1. The lowest BCUT2D eigenvalue weighted by atomic mass is 10.0. The van der Waals surface area contributed by atoms with Gasteiger partial charge in [0.25, 0.3) is 5.91 Å². The maximum Gasteiger partial charge on any atom is 0.253 e. The third-order valence-corrected chi connectivity index (χ3v) is 4.32. The van der Waals surface area contributed by atoms with Crippen LogP contribution in [0.3, 0.4) is 0 Å². The van der Waals surface area contributed by atoms with Crippen LogP contribution in [0.25, 0.3) is 11.1 Å². The minimum Gasteiger partial charge on any atom is -0.334 e. The first-order valence-corrected chi connectivity index (χ1v) is 7.82. The van der Waals surface area contributed by atoms with Crippen molar-refractivity contribution in [2.24, 2.45) is 5.73 Å². The molecule has 3 rings (SSSR count). The van der Waals surface area contributed by atoms with Crippen molar-refractivity contribution in [3.05, 3.63) is 53.9 Å². The van der Waals surface area contributed by atoms with E-state index in [0.717, 1.165) is 23.2 Å². The first kappa shape index (κ1) is 15.6. The number of likely N-dealkylation sites (N-methyl/N-ethyl adjacent to an activating group) is 1. The lowest BCUT2D eigenvalue weighted by Gasteiger charge is -2.37. The van der Waals surface area contributed by atoms with Crippen molar-refractivity contribution in [1.82, 2.24) is 14.8 Å². The SMILES string of the molecule is Cc1cncc(-c2ccc(C(=O)N3CCN(C)C(N)C3)cc2)c1. The Balaban J connectivity index is 1.75. The molecule has 1 saturated heterocycles. The molecule has 1 amide bonds. The lowest BCUT2D eigenvalue weighted by Crippen LogP contribution is -2.56. The van der Waals surface area contributed by atoms with Crippen LogP contribution in [0.15, 0.2) is 42.7 Å². The van der Waals surface area contributed by atoms with E-state index in [2.05, 4.69) is 16.0 Å². The summed E-state index contributed by atoms with van der Waals surface area (Å²) in [5.41, 5.74) is 9.97. The van der Waals surface area contributed by atoms with Gasteiger partial charge < -0.3 is 10.6 Å². The van der Waals surface area contributed by atoms with E-state index in [1.54, 1.807) is 0 Å². The van der Waals surface area contributed by atoms with Gasteiger partial charge in [-0.1, -0.05) is 12.1 Å². The fourth-order valence-corrected chi connectivity index (χ4v) is 2.79. The molecule has 5 nitrogen and oxygen atoms in total. The van der Waals surface area contributed by atoms with Gasteiger partial charge in [0.05, 0.1) is 6.17 Å². The summed E-state index contributed by atoms with van der Waals surface area (Å²) in [6, 6.07) is 9.79. The maximum absolute atomic E-state index is 12.6. The summed E-state index contributed by atoms with van der Waals surface area (Å²) >= 11 is 0. The van der Waals surface area contributed by atoms with Crippen LogP contribution < -0.4 is 5.73 Å². The van der Waals surface area contributed by atoms with Gasteiger partial charge in [-0.05, 0) is 43.3 Å². The molecule has 5 heteroatoms. The first-order valence-electron chi connectivity index (χ1n) is 7.82. The van der Waals surface area contributed by atoms with Crippen LogP contribution >= 0.6 is 0 Å². The molecule has 120 valence electrons. The predicted molar refractivity (Wildman–Crippen MR) is 90.9 cm³/mol. The predicted octanol–water partition coefficient (Wildman–Crippen LogP) is 1.73. The number of nitrogens with zero attached hydrogens (tertiary/aromatic N) is 3. The highest BCUT2D eigenvalue weighted by atomic mass is 16.2. The molecule has 1 aliphatic rings. The lowest BCUT2D eigenvalue weighted by molar-refractivity contribution is 0.0556. The van der Waals surface area contributed by atoms with E-state index in [1.807, 2.05) is 55.5 Å². The van der Waals surface area contributed by atoms with E-state index in [1.165, 1.54) is 0 Å². The molecule has 0 spiro atoms. The van der Waals surface area contributed by atoms with Gasteiger partial charge in [-0.15, -0.1) is 0 Å². The van der Waals surface area contributed by atoms with E-state index in [0.29, 0.717) is 18.7 Å². The molecule has 0 bridgehead atoms. The molecule has 23 heavy (non-hydrogen) atoms. The van der Waals surface area contributed by atoms with Gasteiger partial charge in [-0.3, -0.25) is 14.7 Å². The molecule has 0 aliphatic carbocycles. The standard InChI is InChI=1S/C18H22N4O/c1-13-9-16(11-20-10-13)14-3-5-15(6-4-14)18(23)22-8-7-21(2)17(19)12-22/h3-6,9-11,17H,7-8,12,19H2,1-2H3. The smallest absolute Gasteiger partial charge is 0.253 e. The van der Waals surface area contributed by atoms with Crippen molar-refractivity contribution >= 4 is 5.91 Å². The van der Waals surface area contributed by atoms with Crippen molar-refractivity contribution in [3.63, 3.8) is 0 Å². The van der Waals surface area contributed by atoms with Crippen LogP contribution in [-0.4, -0.2) is 53.5 Å². The van der Waals surface area contributed by atoms with Gasteiger partial charge in [0.15, 0.2) is 0 Å². The molecule has 1 aromatic carbocycles. The fraction of sp³-hybridized carbons (Fsp3) is 0.333. The highest BCUT2D eigenvalue weighted by molar-refractivity contribution is 5.94. The van der Waals surface area contributed by atoms with Crippen molar-refractivity contribution in [2.45, 2.75) is 13.1 Å². The number of piperazine rings is 1. The van der Waals surface area contributed by atoms with E-state index >= 15 is 0 Å². The van der Waals surface area contributed by atoms with Crippen LogP contribution in [0, 0.1) is 6.92 Å². The molecule has 2 aromatic rings. The van der Waals surface area contributed by atoms with Gasteiger partial charge in [0.2, 0.25) is 0 Å². The number of benzene rings is 1. The Morgan fingerprint density at radius 1 is 1.17 bits per heavy atom. The molecule has 1 aromatic heterocycles. The second kappa shape index (κ2) is 6.48. The Hall–Kier alpha value is -2.24. The van der Waals surface area contributed by atoms with Gasteiger partial charge in [-0.2, -0.15) is 0 Å². The minimum atomic E-state index is -0.0923.